The van der Waals surface area contributed by atoms with Crippen LogP contribution in [0.25, 0.3) is 10.8 Å². The minimum Gasteiger partial charge on any atom is -0.320 e. The Morgan fingerprint density at radius 3 is 2.25 bits per heavy atom. The first-order chi connectivity index (χ1) is 11.1. The average molecular weight is 418 g/mol. The molecule has 2 rings (SSSR count). The van der Waals surface area contributed by atoms with Crippen LogP contribution in [0, 0.1) is 11.3 Å². The monoisotopic (exact) mass is 417 g/mol. The smallest absolute Gasteiger partial charge is 0.320 e. The lowest BCUT2D eigenvalue weighted by molar-refractivity contribution is 0.0549. The van der Waals surface area contributed by atoms with Gasteiger partial charge in [0.2, 0.25) is 0 Å². The number of rotatable bonds is 4. The van der Waals surface area contributed by atoms with Crippen molar-refractivity contribution < 1.29 is 23.1 Å². The van der Waals surface area contributed by atoms with Crippen LogP contribution in [0.3, 0.4) is 0 Å². The van der Waals surface area contributed by atoms with Gasteiger partial charge in [-0.1, -0.05) is 19.9 Å². The molecule has 0 heterocycles. The van der Waals surface area contributed by atoms with E-state index in [0.717, 1.165) is 0 Å². The minimum atomic E-state index is -5.71. The van der Waals surface area contributed by atoms with Crippen LogP contribution in [0.2, 0.25) is 0 Å². The fourth-order valence-electron chi connectivity index (χ4n) is 2.83. The maximum atomic E-state index is 14.5. The highest BCUT2D eigenvalue weighted by molar-refractivity contribution is 9.10. The highest BCUT2D eigenvalue weighted by Gasteiger charge is 2.53. The summed E-state index contributed by atoms with van der Waals surface area (Å²) in [6.07, 6.45) is 0.524. The van der Waals surface area contributed by atoms with E-state index >= 15 is 0 Å². The Hall–Kier alpha value is -1.32. The molecule has 0 atom stereocenters. The van der Waals surface area contributed by atoms with Crippen molar-refractivity contribution in [2.24, 2.45) is 0 Å². The molecule has 4 nitrogen and oxygen atoms in total. The number of fused-ring (bicyclic) bond motifs is 1. The largest absolute Gasteiger partial charge is 0.399 e. The molecule has 0 spiro atoms. The van der Waals surface area contributed by atoms with Gasteiger partial charge in [-0.2, -0.15) is 14.0 Å². The third-order valence-electron chi connectivity index (χ3n) is 3.96. The van der Waals surface area contributed by atoms with Crippen LogP contribution in [0.1, 0.15) is 36.1 Å². The van der Waals surface area contributed by atoms with Crippen LogP contribution in [-0.4, -0.2) is 9.79 Å². The van der Waals surface area contributed by atoms with E-state index in [2.05, 4.69) is 15.9 Å². The number of hydrogen-bond acceptors (Lipinski definition) is 2. The van der Waals surface area contributed by atoms with Crippen molar-refractivity contribution in [2.75, 3.05) is 0 Å². The number of nitrogens with zero attached hydrogens (tertiary/aromatic N) is 1. The van der Waals surface area contributed by atoms with Gasteiger partial charge in [-0.15, -0.1) is 0 Å². The van der Waals surface area contributed by atoms with Gasteiger partial charge < -0.3 is 9.79 Å². The second kappa shape index (κ2) is 6.53. The summed E-state index contributed by atoms with van der Waals surface area (Å²) < 4.78 is 40.5. The third-order valence-corrected chi connectivity index (χ3v) is 5.79. The zero-order valence-electron chi connectivity index (χ0n) is 13.0. The van der Waals surface area contributed by atoms with Crippen LogP contribution in [0.15, 0.2) is 22.7 Å². The van der Waals surface area contributed by atoms with Crippen LogP contribution in [0.4, 0.5) is 8.78 Å². The Balaban J connectivity index is 3.08. The summed E-state index contributed by atoms with van der Waals surface area (Å²) in [6, 6.07) is 6.71. The first-order valence-corrected chi connectivity index (χ1v) is 9.61. The molecule has 2 aromatic rings. The van der Waals surface area contributed by atoms with E-state index < -0.39 is 18.8 Å². The minimum absolute atomic E-state index is 0.00684. The van der Waals surface area contributed by atoms with Gasteiger partial charge in [-0.3, -0.25) is 4.57 Å². The normalized spacial score (nSPS) is 12.4. The van der Waals surface area contributed by atoms with E-state index in [1.54, 1.807) is 26.0 Å². The number of hydrogen-bond donors (Lipinski definition) is 2. The molecule has 0 aliphatic heterocycles. The van der Waals surface area contributed by atoms with Gasteiger partial charge in [0.1, 0.15) is 0 Å². The summed E-state index contributed by atoms with van der Waals surface area (Å²) in [7, 11) is -5.71. The van der Waals surface area contributed by atoms with Gasteiger partial charge in [-0.05, 0) is 62.8 Å². The second-order valence-corrected chi connectivity index (χ2v) is 7.75. The molecule has 0 unspecified atom stereocenters. The van der Waals surface area contributed by atoms with Crippen molar-refractivity contribution in [1.82, 2.24) is 0 Å². The van der Waals surface area contributed by atoms with Gasteiger partial charge in [0.15, 0.2) is 0 Å². The van der Waals surface area contributed by atoms with E-state index in [0.29, 0.717) is 28.3 Å². The summed E-state index contributed by atoms with van der Waals surface area (Å²) in [5, 5.41) is 10.2. The predicted molar refractivity (Wildman–Crippen MR) is 91.1 cm³/mol. The van der Waals surface area contributed by atoms with Crippen molar-refractivity contribution in [3.05, 3.63) is 44.9 Å². The summed E-state index contributed by atoms with van der Waals surface area (Å²) in [6.45, 7) is 3.40. The average Bonchev–Trinajstić information content (AvgIpc) is 2.51. The van der Waals surface area contributed by atoms with Crippen LogP contribution in [-0.2, 0) is 23.1 Å². The van der Waals surface area contributed by atoms with Crippen LogP contribution < -0.4 is 0 Å². The number of halogens is 3. The van der Waals surface area contributed by atoms with Crippen molar-refractivity contribution in [2.45, 2.75) is 32.4 Å². The lowest BCUT2D eigenvalue weighted by atomic mass is 9.91. The second-order valence-electron chi connectivity index (χ2n) is 5.31. The van der Waals surface area contributed by atoms with Gasteiger partial charge in [-0.25, -0.2) is 0 Å². The summed E-state index contributed by atoms with van der Waals surface area (Å²) >= 11 is 3.13. The number of alkyl halides is 2. The maximum absolute atomic E-state index is 14.5. The number of benzene rings is 2. The molecule has 0 saturated carbocycles. The Morgan fingerprint density at radius 2 is 1.79 bits per heavy atom. The van der Waals surface area contributed by atoms with E-state index in [9.17, 15) is 13.3 Å². The van der Waals surface area contributed by atoms with Crippen LogP contribution >= 0.6 is 23.5 Å². The Bertz CT molecular complexity index is 903. The molecule has 0 radical (unpaired) electrons. The molecular weight excluding hydrogens is 403 g/mol. The van der Waals surface area contributed by atoms with Crippen molar-refractivity contribution in [3.8, 4) is 6.07 Å². The molecule has 0 aliphatic carbocycles. The molecule has 0 aliphatic rings. The molecule has 128 valence electrons. The van der Waals surface area contributed by atoms with Gasteiger partial charge in [0, 0.05) is 4.47 Å². The Kier molecular flexibility index (Phi) is 5.17. The third kappa shape index (κ3) is 2.89. The fraction of sp³-hybridized carbons (Fsp3) is 0.312. The molecule has 0 fully saturated rings. The molecule has 2 aromatic carbocycles. The van der Waals surface area contributed by atoms with Crippen molar-refractivity contribution in [1.29, 1.82) is 5.26 Å². The molecule has 0 amide bonds. The molecular formula is C16H15BrF2NO3P. The molecule has 8 heteroatoms. The lowest BCUT2D eigenvalue weighted by Crippen LogP contribution is -2.18. The summed E-state index contributed by atoms with van der Waals surface area (Å²) in [5.41, 5.74) is -4.07. The molecule has 0 bridgehead atoms. The first kappa shape index (κ1) is 19.0. The summed E-state index contributed by atoms with van der Waals surface area (Å²) in [5.74, 6) is 0. The van der Waals surface area contributed by atoms with E-state index in [1.807, 2.05) is 6.07 Å². The molecule has 24 heavy (non-hydrogen) atoms. The van der Waals surface area contributed by atoms with Gasteiger partial charge in [0.05, 0.1) is 17.2 Å². The van der Waals surface area contributed by atoms with Gasteiger partial charge >= 0.3 is 13.3 Å². The van der Waals surface area contributed by atoms with Crippen LogP contribution in [0.5, 0.6) is 0 Å². The Labute approximate surface area is 146 Å². The first-order valence-electron chi connectivity index (χ1n) is 7.21. The van der Waals surface area contributed by atoms with Gasteiger partial charge in [0.25, 0.3) is 0 Å². The molecule has 2 N–H and O–H groups in total. The molecule has 0 saturated heterocycles. The highest BCUT2D eigenvalue weighted by Crippen LogP contribution is 2.62. The Morgan fingerprint density at radius 1 is 1.21 bits per heavy atom. The van der Waals surface area contributed by atoms with Crippen molar-refractivity contribution >= 4 is 34.3 Å². The SMILES string of the molecule is CCc1c(Br)c(C(F)(F)P(=O)(O)O)c(CC)c2cc(C#N)ccc12. The van der Waals surface area contributed by atoms with E-state index in [4.69, 9.17) is 15.0 Å². The highest BCUT2D eigenvalue weighted by atomic mass is 79.9. The quantitative estimate of drug-likeness (QED) is 0.698. The maximum Gasteiger partial charge on any atom is 0.399 e. The number of aryl methyl sites for hydroxylation is 2. The topological polar surface area (TPSA) is 81.3 Å². The standard InChI is InChI=1S/C16H15BrF2NO3P/c1-3-10-13-7-9(8-20)5-6-12(13)11(4-2)15(17)14(10)16(18,19)24(21,22)23/h5-7H,3-4H2,1-2H3,(H2,21,22,23). The number of nitriles is 1. The predicted octanol–water partition coefficient (Wildman–Crippen LogP) is 4.83. The van der Waals surface area contributed by atoms with Crippen molar-refractivity contribution in [3.63, 3.8) is 0 Å². The zero-order chi connectivity index (χ0) is 18.3. The fourth-order valence-corrected chi connectivity index (χ4v) is 4.51. The zero-order valence-corrected chi connectivity index (χ0v) is 15.5. The summed E-state index contributed by atoms with van der Waals surface area (Å²) in [4.78, 5) is 18.3. The van der Waals surface area contributed by atoms with E-state index in [1.165, 1.54) is 6.07 Å². The van der Waals surface area contributed by atoms with E-state index in [-0.39, 0.29) is 16.5 Å². The molecule has 0 aromatic heterocycles. The lowest BCUT2D eigenvalue weighted by Gasteiger charge is -2.25.